The molecule has 3 heterocycles. The Morgan fingerprint density at radius 1 is 1.07 bits per heavy atom. The number of aryl methyl sites for hydroxylation is 1. The Balaban J connectivity index is 1.68. The van der Waals surface area contributed by atoms with Crippen LogP contribution >= 0.6 is 0 Å². The van der Waals surface area contributed by atoms with E-state index in [0.717, 1.165) is 40.6 Å². The monoisotopic (exact) mass is 401 g/mol. The third-order valence-corrected chi connectivity index (χ3v) is 6.61. The summed E-state index contributed by atoms with van der Waals surface area (Å²) in [4.78, 5) is 34.1. The summed E-state index contributed by atoms with van der Waals surface area (Å²) in [7, 11) is 0. The second-order valence-electron chi connectivity index (χ2n) is 8.46. The summed E-state index contributed by atoms with van der Waals surface area (Å²) >= 11 is 0. The van der Waals surface area contributed by atoms with E-state index in [9.17, 15) is 9.59 Å². The first kappa shape index (κ1) is 18.9. The molecular formula is C25H27N3O2. The lowest BCUT2D eigenvalue weighted by atomic mass is 9.85. The Bertz CT molecular complexity index is 1130. The van der Waals surface area contributed by atoms with Crippen molar-refractivity contribution >= 4 is 22.7 Å². The van der Waals surface area contributed by atoms with Crippen molar-refractivity contribution in [3.63, 3.8) is 0 Å². The number of nitrogens with one attached hydrogen (secondary N) is 1. The number of nitrogens with zero attached hydrogens (tertiary/aromatic N) is 2. The predicted molar refractivity (Wildman–Crippen MR) is 117 cm³/mol. The molecule has 0 radical (unpaired) electrons. The van der Waals surface area contributed by atoms with Gasteiger partial charge in [0.15, 0.2) is 0 Å². The molecule has 1 N–H and O–H groups in total. The van der Waals surface area contributed by atoms with Gasteiger partial charge in [-0.1, -0.05) is 55.8 Å². The van der Waals surface area contributed by atoms with Crippen molar-refractivity contribution in [2.75, 3.05) is 13.1 Å². The number of aromatic amines is 1. The quantitative estimate of drug-likeness (QED) is 0.719. The molecule has 154 valence electrons. The highest BCUT2D eigenvalue weighted by molar-refractivity contribution is 5.97. The van der Waals surface area contributed by atoms with Gasteiger partial charge in [-0.3, -0.25) is 9.59 Å². The lowest BCUT2D eigenvalue weighted by Crippen LogP contribution is -2.63. The number of hydrogen-bond acceptors (Lipinski definition) is 2. The molecule has 5 nitrogen and oxygen atoms in total. The van der Waals surface area contributed by atoms with Crippen molar-refractivity contribution in [3.05, 3.63) is 70.9 Å². The number of aromatic nitrogens is 1. The van der Waals surface area contributed by atoms with Gasteiger partial charge in [-0.25, -0.2) is 0 Å². The van der Waals surface area contributed by atoms with E-state index in [2.05, 4.69) is 43.1 Å². The molecule has 1 fully saturated rings. The van der Waals surface area contributed by atoms with Crippen molar-refractivity contribution < 1.29 is 9.59 Å². The number of unbranched alkanes of at least 4 members (excludes halogenated alkanes) is 1. The minimum absolute atomic E-state index is 0.0354. The molecule has 3 aromatic rings. The zero-order valence-electron chi connectivity index (χ0n) is 17.5. The largest absolute Gasteiger partial charge is 0.356 e. The number of fused-ring (bicyclic) bond motifs is 4. The van der Waals surface area contributed by atoms with Crippen LogP contribution in [0.1, 0.15) is 48.2 Å². The maximum Gasteiger partial charge on any atom is 0.246 e. The van der Waals surface area contributed by atoms with Crippen molar-refractivity contribution in [1.29, 1.82) is 0 Å². The first-order valence-electron chi connectivity index (χ1n) is 10.8. The van der Waals surface area contributed by atoms with E-state index in [4.69, 9.17) is 0 Å². The lowest BCUT2D eigenvalue weighted by Gasteiger charge is -2.47. The van der Waals surface area contributed by atoms with Crippen LogP contribution in [0.15, 0.2) is 48.5 Å². The smallest absolute Gasteiger partial charge is 0.246 e. The SMILES string of the molecule is CCCCN1CC(=O)N2[C@H](c3ccccc3C)c3[nH]c4ccccc4c3C[C@H]2C1=O. The minimum Gasteiger partial charge on any atom is -0.356 e. The van der Waals surface area contributed by atoms with Gasteiger partial charge in [-0.05, 0) is 36.1 Å². The van der Waals surface area contributed by atoms with Crippen molar-refractivity contribution in [3.8, 4) is 0 Å². The second kappa shape index (κ2) is 7.31. The number of rotatable bonds is 4. The molecule has 0 aliphatic carbocycles. The summed E-state index contributed by atoms with van der Waals surface area (Å²) in [6.07, 6.45) is 2.49. The highest BCUT2D eigenvalue weighted by Crippen LogP contribution is 2.43. The van der Waals surface area contributed by atoms with E-state index in [1.807, 2.05) is 29.2 Å². The molecule has 0 unspecified atom stereocenters. The summed E-state index contributed by atoms with van der Waals surface area (Å²) in [5.74, 6) is 0.117. The second-order valence-corrected chi connectivity index (χ2v) is 8.46. The van der Waals surface area contributed by atoms with Gasteiger partial charge >= 0.3 is 0 Å². The Labute approximate surface area is 176 Å². The molecule has 2 amide bonds. The number of para-hydroxylation sites is 1. The van der Waals surface area contributed by atoms with Gasteiger partial charge in [-0.2, -0.15) is 0 Å². The Hall–Kier alpha value is -3.08. The van der Waals surface area contributed by atoms with E-state index in [1.165, 1.54) is 5.56 Å². The minimum atomic E-state index is -0.445. The van der Waals surface area contributed by atoms with Crippen LogP contribution in [0.25, 0.3) is 10.9 Å². The number of carbonyl (C=O) groups excluding carboxylic acids is 2. The van der Waals surface area contributed by atoms with Gasteiger partial charge in [-0.15, -0.1) is 0 Å². The number of piperazine rings is 1. The molecular weight excluding hydrogens is 374 g/mol. The van der Waals surface area contributed by atoms with Gasteiger partial charge in [0.05, 0.1) is 12.6 Å². The van der Waals surface area contributed by atoms with Crippen LogP contribution in [0.5, 0.6) is 0 Å². The fraction of sp³-hybridized carbons (Fsp3) is 0.360. The number of carbonyl (C=O) groups is 2. The standard InChI is InChI=1S/C25H27N3O2/c1-3-4-13-27-15-22(29)28-21(25(27)30)14-19-18-11-7-8-12-20(18)26-23(19)24(28)17-10-6-5-9-16(17)2/h5-12,21,24,26H,3-4,13-15H2,1-2H3/t21-,24+/m0/s1. The van der Waals surface area contributed by atoms with Gasteiger partial charge < -0.3 is 14.8 Å². The molecule has 30 heavy (non-hydrogen) atoms. The molecule has 2 atom stereocenters. The summed E-state index contributed by atoms with van der Waals surface area (Å²) in [5, 5.41) is 1.15. The third-order valence-electron chi connectivity index (χ3n) is 6.61. The van der Waals surface area contributed by atoms with Gasteiger partial charge in [0.2, 0.25) is 11.8 Å². The van der Waals surface area contributed by atoms with Crippen molar-refractivity contribution in [1.82, 2.24) is 14.8 Å². The summed E-state index contributed by atoms with van der Waals surface area (Å²) in [6, 6.07) is 15.7. The van der Waals surface area contributed by atoms with Crippen LogP contribution in [0.2, 0.25) is 0 Å². The van der Waals surface area contributed by atoms with Crippen LogP contribution in [-0.2, 0) is 16.0 Å². The third kappa shape index (κ3) is 2.83. The maximum absolute atomic E-state index is 13.5. The normalized spacial score (nSPS) is 21.1. The average Bonchev–Trinajstić information content (AvgIpc) is 3.13. The fourth-order valence-corrected chi connectivity index (χ4v) is 5.08. The number of amides is 2. The van der Waals surface area contributed by atoms with Gasteiger partial charge in [0.25, 0.3) is 0 Å². The molecule has 2 aliphatic heterocycles. The predicted octanol–water partition coefficient (Wildman–Crippen LogP) is 3.96. The zero-order chi connectivity index (χ0) is 20.8. The summed E-state index contributed by atoms with van der Waals surface area (Å²) in [5.41, 5.74) is 5.48. The first-order chi connectivity index (χ1) is 14.6. The van der Waals surface area contributed by atoms with Crippen LogP contribution in [-0.4, -0.2) is 45.7 Å². The van der Waals surface area contributed by atoms with E-state index in [-0.39, 0.29) is 24.4 Å². The lowest BCUT2D eigenvalue weighted by molar-refractivity contribution is -0.158. The molecule has 5 rings (SSSR count). The maximum atomic E-state index is 13.5. The Kier molecular flexibility index (Phi) is 4.61. The molecule has 0 spiro atoms. The van der Waals surface area contributed by atoms with Crippen LogP contribution in [0, 0.1) is 6.92 Å². The van der Waals surface area contributed by atoms with E-state index in [0.29, 0.717) is 13.0 Å². The zero-order valence-corrected chi connectivity index (χ0v) is 17.5. The summed E-state index contributed by atoms with van der Waals surface area (Å²) in [6.45, 7) is 5.01. The van der Waals surface area contributed by atoms with Crippen LogP contribution in [0.3, 0.4) is 0 Å². The highest BCUT2D eigenvalue weighted by Gasteiger charge is 2.48. The Morgan fingerprint density at radius 3 is 2.63 bits per heavy atom. The van der Waals surface area contributed by atoms with E-state index >= 15 is 0 Å². The van der Waals surface area contributed by atoms with Crippen molar-refractivity contribution in [2.24, 2.45) is 0 Å². The molecule has 1 saturated heterocycles. The molecule has 2 aliphatic rings. The molecule has 1 aromatic heterocycles. The molecule has 0 bridgehead atoms. The van der Waals surface area contributed by atoms with E-state index in [1.54, 1.807) is 4.90 Å². The van der Waals surface area contributed by atoms with Crippen molar-refractivity contribution in [2.45, 2.75) is 45.2 Å². The topological polar surface area (TPSA) is 56.4 Å². The van der Waals surface area contributed by atoms with E-state index < -0.39 is 6.04 Å². The number of H-pyrrole nitrogens is 1. The summed E-state index contributed by atoms with van der Waals surface area (Å²) < 4.78 is 0. The van der Waals surface area contributed by atoms with Crippen LogP contribution < -0.4 is 0 Å². The molecule has 2 aromatic carbocycles. The highest BCUT2D eigenvalue weighted by atomic mass is 16.2. The molecule has 0 saturated carbocycles. The molecule has 5 heteroatoms. The van der Waals surface area contributed by atoms with Crippen LogP contribution in [0.4, 0.5) is 0 Å². The fourth-order valence-electron chi connectivity index (χ4n) is 5.08. The van der Waals surface area contributed by atoms with Gasteiger partial charge in [0, 0.05) is 29.6 Å². The van der Waals surface area contributed by atoms with Gasteiger partial charge in [0.1, 0.15) is 6.04 Å². The Morgan fingerprint density at radius 2 is 1.83 bits per heavy atom. The number of hydrogen-bond donors (Lipinski definition) is 1. The number of benzene rings is 2. The average molecular weight is 402 g/mol. The first-order valence-corrected chi connectivity index (χ1v) is 10.8.